The molecule has 6 nitrogen and oxygen atoms in total. The topological polar surface area (TPSA) is 72.9 Å². The molecule has 0 aromatic heterocycles. The molecule has 4 bridgehead atoms. The van der Waals surface area contributed by atoms with E-state index in [-0.39, 0.29) is 23.2 Å². The van der Waals surface area contributed by atoms with E-state index in [0.29, 0.717) is 35.8 Å². The fourth-order valence-corrected chi connectivity index (χ4v) is 10.8. The lowest BCUT2D eigenvalue weighted by molar-refractivity contribution is -0.160. The van der Waals surface area contributed by atoms with Gasteiger partial charge >= 0.3 is 11.9 Å². The molecule has 7 heteroatoms. The Balaban J connectivity index is 1.15. The molecule has 1 heterocycles. The summed E-state index contributed by atoms with van der Waals surface area (Å²) in [6, 6.07) is 14.2. The van der Waals surface area contributed by atoms with E-state index < -0.39 is 18.1 Å². The zero-order chi connectivity index (χ0) is 30.1. The highest BCUT2D eigenvalue weighted by atomic mass is 35.5. The van der Waals surface area contributed by atoms with E-state index in [1.807, 2.05) is 24.3 Å². The molecule has 0 spiro atoms. The Morgan fingerprint density at radius 3 is 2.30 bits per heavy atom. The predicted octanol–water partition coefficient (Wildman–Crippen LogP) is 6.90. The van der Waals surface area contributed by atoms with E-state index >= 15 is 0 Å². The van der Waals surface area contributed by atoms with Gasteiger partial charge in [0.1, 0.15) is 11.9 Å². The van der Waals surface area contributed by atoms with Gasteiger partial charge in [0.2, 0.25) is 5.91 Å². The van der Waals surface area contributed by atoms with Crippen LogP contribution in [0.5, 0.6) is 0 Å². The number of fused-ring (bicyclic) bond motifs is 2. The first-order valence-electron chi connectivity index (χ1n) is 15.6. The average molecular weight is 602 g/mol. The van der Waals surface area contributed by atoms with E-state index in [4.69, 9.17) is 21.1 Å². The van der Waals surface area contributed by atoms with Gasteiger partial charge in [0.05, 0.1) is 25.3 Å². The van der Waals surface area contributed by atoms with Crippen LogP contribution in [0.25, 0.3) is 5.57 Å². The first-order chi connectivity index (χ1) is 20.5. The average Bonchev–Trinajstić information content (AvgIpc) is 3.35. The third kappa shape index (κ3) is 4.81. The number of hydrogen-bond acceptors (Lipinski definition) is 5. The molecule has 4 fully saturated rings. The Morgan fingerprint density at radius 1 is 0.953 bits per heavy atom. The number of carbonyl (C=O) groups is 3. The number of carbonyl (C=O) groups excluding carboxylic acids is 3. The fraction of sp³-hybridized carbons (Fsp3) is 0.528. The minimum Gasteiger partial charge on any atom is -0.467 e. The van der Waals surface area contributed by atoms with Gasteiger partial charge < -0.3 is 14.4 Å². The second-order valence-electron chi connectivity index (χ2n) is 14.7. The van der Waals surface area contributed by atoms with Crippen molar-refractivity contribution in [2.24, 2.45) is 22.2 Å². The summed E-state index contributed by atoms with van der Waals surface area (Å²) in [4.78, 5) is 41.2. The van der Waals surface area contributed by atoms with Crippen LogP contribution in [0.3, 0.4) is 0 Å². The highest BCUT2D eigenvalue weighted by Gasteiger charge is 2.60. The summed E-state index contributed by atoms with van der Waals surface area (Å²) >= 11 is 6.09. The maximum absolute atomic E-state index is 13.3. The van der Waals surface area contributed by atoms with Crippen molar-refractivity contribution >= 4 is 35.0 Å². The summed E-state index contributed by atoms with van der Waals surface area (Å²) in [5.74, 6) is -0.605. The number of alkyl halides is 1. The summed E-state index contributed by atoms with van der Waals surface area (Å²) in [5.41, 5.74) is 6.59. The number of halogens is 1. The number of ether oxygens (including phenoxy) is 2. The van der Waals surface area contributed by atoms with E-state index in [2.05, 4.69) is 26.0 Å². The number of rotatable bonds is 6. The van der Waals surface area contributed by atoms with Crippen LogP contribution in [0, 0.1) is 22.2 Å². The van der Waals surface area contributed by atoms with Gasteiger partial charge in [0.15, 0.2) is 0 Å². The molecule has 1 amide bonds. The van der Waals surface area contributed by atoms with Crippen molar-refractivity contribution < 1.29 is 23.9 Å². The van der Waals surface area contributed by atoms with Gasteiger partial charge in [-0.15, -0.1) is 11.6 Å². The molecule has 43 heavy (non-hydrogen) atoms. The van der Waals surface area contributed by atoms with E-state index in [9.17, 15) is 14.4 Å². The molecular weight excluding hydrogens is 562 g/mol. The first-order valence-corrected chi connectivity index (χ1v) is 16.1. The molecule has 4 saturated carbocycles. The molecule has 6 aliphatic rings. The van der Waals surface area contributed by atoms with Crippen molar-refractivity contribution in [1.82, 2.24) is 4.90 Å². The van der Waals surface area contributed by atoms with Gasteiger partial charge in [-0.25, -0.2) is 9.59 Å². The van der Waals surface area contributed by atoms with Crippen molar-refractivity contribution in [3.8, 4) is 0 Å². The molecule has 2 aromatic rings. The standard InChI is InChI=1S/C36H40ClNO5/c1-34-14-22-15-35(2,18-34)20-36(16-22,19-34)21-43-32(40)24-10-8-23(9-11-24)31-28-12-25-6-4-5-7-26(25)27(28)13-29(33(41)42-3)38(31)30(39)17-37/h4-11,22,29,31H,12-21H2,1-3H3/t22?,29-,31+,34?,35?,36?/m1/s1. The maximum Gasteiger partial charge on any atom is 0.338 e. The number of benzene rings is 2. The van der Waals surface area contributed by atoms with Crippen LogP contribution in [0.2, 0.25) is 0 Å². The highest BCUT2D eigenvalue weighted by Crippen LogP contribution is 2.69. The molecular formula is C36H40ClNO5. The molecule has 4 atom stereocenters. The number of amides is 1. The molecule has 5 aliphatic carbocycles. The molecule has 0 N–H and O–H groups in total. The van der Waals surface area contributed by atoms with Crippen LogP contribution < -0.4 is 0 Å². The van der Waals surface area contributed by atoms with Crippen molar-refractivity contribution in [2.75, 3.05) is 19.6 Å². The van der Waals surface area contributed by atoms with Crippen molar-refractivity contribution in [3.63, 3.8) is 0 Å². The molecule has 1 aliphatic heterocycles. The summed E-state index contributed by atoms with van der Waals surface area (Å²) in [7, 11) is 1.34. The second kappa shape index (κ2) is 10.2. The second-order valence-corrected chi connectivity index (χ2v) is 15.0. The zero-order valence-corrected chi connectivity index (χ0v) is 26.0. The van der Waals surface area contributed by atoms with Gasteiger partial charge in [-0.2, -0.15) is 0 Å². The summed E-state index contributed by atoms with van der Waals surface area (Å²) < 4.78 is 11.2. The van der Waals surface area contributed by atoms with Crippen LogP contribution >= 0.6 is 11.6 Å². The van der Waals surface area contributed by atoms with Crippen LogP contribution in [0.1, 0.15) is 91.9 Å². The largest absolute Gasteiger partial charge is 0.467 e. The smallest absolute Gasteiger partial charge is 0.338 e. The van der Waals surface area contributed by atoms with Gasteiger partial charge in [0, 0.05) is 11.8 Å². The van der Waals surface area contributed by atoms with Crippen molar-refractivity contribution in [2.45, 2.75) is 77.3 Å². The SMILES string of the molecule is COC(=O)[C@H]1CC2=C(Cc3ccccc32)[C@H](c2ccc(C(=O)OCC34CC5CC(C)(CC(C)(C5)C3)C4)cc2)N1C(=O)CCl. The van der Waals surface area contributed by atoms with Gasteiger partial charge in [-0.1, -0.05) is 50.2 Å². The van der Waals surface area contributed by atoms with Crippen molar-refractivity contribution in [3.05, 3.63) is 76.4 Å². The van der Waals surface area contributed by atoms with Gasteiger partial charge in [0.25, 0.3) is 0 Å². The van der Waals surface area contributed by atoms with Crippen LogP contribution in [0.15, 0.2) is 54.1 Å². The molecule has 0 saturated heterocycles. The Hall–Kier alpha value is -3.12. The Kier molecular flexibility index (Phi) is 6.81. The number of methoxy groups -OCH3 is 1. The normalized spacial score (nSPS) is 33.7. The molecule has 2 aromatic carbocycles. The number of nitrogens with zero attached hydrogens (tertiary/aromatic N) is 1. The predicted molar refractivity (Wildman–Crippen MR) is 164 cm³/mol. The Morgan fingerprint density at radius 2 is 1.65 bits per heavy atom. The zero-order valence-electron chi connectivity index (χ0n) is 25.3. The van der Waals surface area contributed by atoms with E-state index in [1.54, 1.807) is 17.0 Å². The summed E-state index contributed by atoms with van der Waals surface area (Å²) in [5, 5.41) is 0. The lowest BCUT2D eigenvalue weighted by atomic mass is 9.40. The molecule has 0 radical (unpaired) electrons. The van der Waals surface area contributed by atoms with Crippen LogP contribution in [-0.2, 0) is 25.5 Å². The highest BCUT2D eigenvalue weighted by molar-refractivity contribution is 6.27. The molecule has 2 unspecified atom stereocenters. The van der Waals surface area contributed by atoms with Crippen molar-refractivity contribution in [1.29, 1.82) is 0 Å². The molecule has 8 rings (SSSR count). The van der Waals surface area contributed by atoms with Gasteiger partial charge in [-0.3, -0.25) is 4.79 Å². The van der Waals surface area contributed by atoms with Gasteiger partial charge in [-0.05, 0) is 102 Å². The van der Waals surface area contributed by atoms with E-state index in [0.717, 1.165) is 47.5 Å². The van der Waals surface area contributed by atoms with Crippen LogP contribution in [0.4, 0.5) is 0 Å². The monoisotopic (exact) mass is 601 g/mol. The minimum atomic E-state index is -0.792. The fourth-order valence-electron chi connectivity index (χ4n) is 10.6. The quantitative estimate of drug-likeness (QED) is 0.266. The van der Waals surface area contributed by atoms with Crippen LogP contribution in [-0.4, -0.2) is 48.4 Å². The number of esters is 2. The Bertz CT molecular complexity index is 1510. The third-order valence-corrected chi connectivity index (χ3v) is 11.3. The van der Waals surface area contributed by atoms with E-state index in [1.165, 1.54) is 31.9 Å². The lowest BCUT2D eigenvalue weighted by Crippen LogP contribution is -2.56. The maximum atomic E-state index is 13.3. The Labute approximate surface area is 258 Å². The third-order valence-electron chi connectivity index (χ3n) is 11.0. The lowest BCUT2D eigenvalue weighted by Gasteiger charge is -2.65. The summed E-state index contributed by atoms with van der Waals surface area (Å²) in [6.45, 7) is 5.34. The summed E-state index contributed by atoms with van der Waals surface area (Å²) in [6.07, 6.45) is 8.42. The molecule has 226 valence electrons. The number of hydrogen-bond donors (Lipinski definition) is 0. The first kappa shape index (κ1) is 28.6. The minimum absolute atomic E-state index is 0.0896.